The van der Waals surface area contributed by atoms with Crippen molar-refractivity contribution >= 4 is 50.9 Å². The van der Waals surface area contributed by atoms with E-state index >= 15 is 0 Å². The van der Waals surface area contributed by atoms with Crippen molar-refractivity contribution < 1.29 is 28.6 Å². The van der Waals surface area contributed by atoms with E-state index in [2.05, 4.69) is 36.5 Å². The van der Waals surface area contributed by atoms with Gasteiger partial charge >= 0.3 is 0 Å². The van der Waals surface area contributed by atoms with Gasteiger partial charge in [-0.05, 0) is 91.1 Å². The van der Waals surface area contributed by atoms with Crippen LogP contribution in [-0.2, 0) is 23.9 Å². The number of nitrogens with zero attached hydrogens (tertiary/aromatic N) is 3. The third-order valence-electron chi connectivity index (χ3n) is 8.43. The molecule has 1 atom stereocenters. The van der Waals surface area contributed by atoms with E-state index in [1.807, 2.05) is 52.1 Å². The van der Waals surface area contributed by atoms with Crippen LogP contribution in [0.5, 0.6) is 5.75 Å². The second kappa shape index (κ2) is 20.4. The zero-order valence-electron chi connectivity index (χ0n) is 29.3. The van der Waals surface area contributed by atoms with Crippen LogP contribution in [0.1, 0.15) is 79.1 Å². The number of ketones is 2. The van der Waals surface area contributed by atoms with Gasteiger partial charge in [0.25, 0.3) is 0 Å². The highest BCUT2D eigenvalue weighted by Gasteiger charge is 2.30. The minimum Gasteiger partial charge on any atom is -0.494 e. The van der Waals surface area contributed by atoms with Gasteiger partial charge in [0, 0.05) is 70.1 Å². The maximum Gasteiger partial charge on any atom is 0.229 e. The van der Waals surface area contributed by atoms with Crippen molar-refractivity contribution in [3.8, 4) is 5.75 Å². The minimum atomic E-state index is -0.276. The predicted molar refractivity (Wildman–Crippen MR) is 192 cm³/mol. The molecule has 1 aromatic heterocycles. The molecular weight excluding hydrogens is 678 g/mol. The second-order valence-electron chi connectivity index (χ2n) is 13.6. The van der Waals surface area contributed by atoms with Crippen LogP contribution in [-0.4, -0.2) is 85.5 Å². The van der Waals surface area contributed by atoms with E-state index in [1.54, 1.807) is 18.0 Å². The maximum absolute atomic E-state index is 12.4. The maximum atomic E-state index is 12.4. The number of amides is 1. The molecule has 0 aliphatic heterocycles. The fourth-order valence-corrected chi connectivity index (χ4v) is 5.64. The van der Waals surface area contributed by atoms with Crippen molar-refractivity contribution in [2.24, 2.45) is 17.3 Å². The standard InChI is InChI=1S/C36H54BrN5O6/c1-26(43)31(36(2,3)4)23-29(44)25-47-21-10-20-46-19-7-6-8-22-48-30-15-13-28(14-16-30)40-35-39-24-32(37)33(41-35)38-17-18-42(5)34(45)27-11-9-12-27/h13-16,24,27,31H,6-12,17-23,25H2,1-5H3,(H2,38,39,40,41)/t31-/m0/s1. The van der Waals surface area contributed by atoms with Crippen molar-refractivity contribution in [2.45, 2.75) is 79.1 Å². The van der Waals surface area contributed by atoms with Crippen LogP contribution in [0.4, 0.5) is 17.5 Å². The molecule has 3 rings (SSSR count). The van der Waals surface area contributed by atoms with Gasteiger partial charge in [-0.1, -0.05) is 27.2 Å². The lowest BCUT2D eigenvalue weighted by Crippen LogP contribution is -2.38. The summed E-state index contributed by atoms with van der Waals surface area (Å²) in [5.41, 5.74) is 0.613. The van der Waals surface area contributed by atoms with Crippen LogP contribution in [0.25, 0.3) is 0 Å². The fourth-order valence-electron chi connectivity index (χ4n) is 5.30. The topological polar surface area (TPSA) is 132 Å². The van der Waals surface area contributed by atoms with Crippen molar-refractivity contribution in [1.29, 1.82) is 0 Å². The summed E-state index contributed by atoms with van der Waals surface area (Å²) >= 11 is 3.50. The molecule has 1 aliphatic carbocycles. The van der Waals surface area contributed by atoms with Crippen LogP contribution < -0.4 is 15.4 Å². The number of carbonyl (C=O) groups excluding carboxylic acids is 3. The molecule has 0 unspecified atom stereocenters. The molecule has 1 fully saturated rings. The molecule has 1 aliphatic rings. The Morgan fingerprint density at radius 3 is 2.35 bits per heavy atom. The van der Waals surface area contributed by atoms with Gasteiger partial charge in [0.1, 0.15) is 24.0 Å². The Morgan fingerprint density at radius 1 is 1.00 bits per heavy atom. The van der Waals surface area contributed by atoms with Gasteiger partial charge in [-0.15, -0.1) is 0 Å². The Hall–Kier alpha value is -3.09. The molecule has 0 radical (unpaired) electrons. The third-order valence-corrected chi connectivity index (χ3v) is 9.02. The van der Waals surface area contributed by atoms with Crippen LogP contribution in [0.2, 0.25) is 0 Å². The highest BCUT2D eigenvalue weighted by molar-refractivity contribution is 9.10. The van der Waals surface area contributed by atoms with Gasteiger partial charge in [-0.3, -0.25) is 14.4 Å². The average Bonchev–Trinajstić information content (AvgIpc) is 3.01. The molecule has 1 aromatic carbocycles. The van der Waals surface area contributed by atoms with Gasteiger partial charge < -0.3 is 29.7 Å². The Bertz CT molecular complexity index is 1300. The number of anilines is 3. The van der Waals surface area contributed by atoms with Crippen LogP contribution in [0.15, 0.2) is 34.9 Å². The van der Waals surface area contributed by atoms with Gasteiger partial charge in [0.05, 0.1) is 11.1 Å². The van der Waals surface area contributed by atoms with Crippen LogP contribution in [0, 0.1) is 17.3 Å². The molecule has 0 bridgehead atoms. The first-order valence-corrected chi connectivity index (χ1v) is 17.9. The van der Waals surface area contributed by atoms with E-state index < -0.39 is 0 Å². The fraction of sp³-hybridized carbons (Fsp3) is 0.639. The number of aromatic nitrogens is 2. The lowest BCUT2D eigenvalue weighted by molar-refractivity contribution is -0.136. The number of Topliss-reactive ketones (excluding diaryl/α,β-unsaturated/α-hetero) is 2. The Balaban J connectivity index is 1.21. The number of hydrogen-bond donors (Lipinski definition) is 2. The Kier molecular flexibility index (Phi) is 16.7. The zero-order chi connectivity index (χ0) is 34.9. The lowest BCUT2D eigenvalue weighted by atomic mass is 9.76. The first kappa shape index (κ1) is 39.3. The van der Waals surface area contributed by atoms with Crippen LogP contribution >= 0.6 is 15.9 Å². The number of ether oxygens (including phenoxy) is 3. The van der Waals surface area contributed by atoms with Crippen molar-refractivity contribution in [3.63, 3.8) is 0 Å². The van der Waals surface area contributed by atoms with Crippen LogP contribution in [0.3, 0.4) is 0 Å². The molecule has 1 amide bonds. The number of benzene rings is 1. The summed E-state index contributed by atoms with van der Waals surface area (Å²) in [5.74, 6) is 2.09. The molecule has 12 heteroatoms. The SMILES string of the molecule is CC(=O)[C@H](CC(=O)COCCCOCCCCCOc1ccc(Nc2ncc(Br)c(NCCN(C)C(=O)C3CCC3)n2)cc1)C(C)(C)C. The van der Waals surface area contributed by atoms with Gasteiger partial charge in [-0.25, -0.2) is 4.98 Å². The van der Waals surface area contributed by atoms with E-state index in [9.17, 15) is 14.4 Å². The Morgan fingerprint density at radius 2 is 1.69 bits per heavy atom. The minimum absolute atomic E-state index is 0.0343. The smallest absolute Gasteiger partial charge is 0.229 e. The summed E-state index contributed by atoms with van der Waals surface area (Å²) in [6.07, 6.45) is 8.69. The lowest BCUT2D eigenvalue weighted by Gasteiger charge is -2.29. The molecule has 11 nitrogen and oxygen atoms in total. The summed E-state index contributed by atoms with van der Waals surface area (Å²) in [6, 6.07) is 7.69. The first-order valence-electron chi connectivity index (χ1n) is 17.1. The number of likely N-dealkylation sites (N-methyl/N-ethyl adjacent to an activating group) is 1. The predicted octanol–water partition coefficient (Wildman–Crippen LogP) is 6.84. The van der Waals surface area contributed by atoms with E-state index in [0.29, 0.717) is 51.3 Å². The summed E-state index contributed by atoms with van der Waals surface area (Å²) in [5, 5.41) is 6.52. The van der Waals surface area contributed by atoms with Gasteiger partial charge in [0.2, 0.25) is 11.9 Å². The number of nitrogens with one attached hydrogen (secondary N) is 2. The van der Waals surface area contributed by atoms with Crippen molar-refractivity contribution in [3.05, 3.63) is 34.9 Å². The summed E-state index contributed by atoms with van der Waals surface area (Å²) < 4.78 is 17.8. The monoisotopic (exact) mass is 731 g/mol. The zero-order valence-corrected chi connectivity index (χ0v) is 30.9. The third kappa shape index (κ3) is 14.2. The van der Waals surface area contributed by atoms with E-state index in [4.69, 9.17) is 14.2 Å². The number of rotatable bonds is 23. The first-order chi connectivity index (χ1) is 22.9. The number of halogens is 1. The molecule has 1 saturated carbocycles. The molecule has 2 N–H and O–H groups in total. The molecule has 1 heterocycles. The summed E-state index contributed by atoms with van der Waals surface area (Å²) in [4.78, 5) is 47.1. The quantitative estimate of drug-likeness (QED) is 0.117. The number of unbranched alkanes of at least 4 members (excludes halogenated alkanes) is 2. The highest BCUT2D eigenvalue weighted by atomic mass is 79.9. The number of hydrogen-bond acceptors (Lipinski definition) is 10. The second-order valence-corrected chi connectivity index (χ2v) is 14.4. The largest absolute Gasteiger partial charge is 0.494 e. The van der Waals surface area contributed by atoms with Crippen molar-refractivity contribution in [1.82, 2.24) is 14.9 Å². The summed E-state index contributed by atoms with van der Waals surface area (Å²) in [6.45, 7) is 11.1. The van der Waals surface area contributed by atoms with Gasteiger partial charge in [0.15, 0.2) is 5.78 Å². The van der Waals surface area contributed by atoms with E-state index in [0.717, 1.165) is 60.9 Å². The number of carbonyl (C=O) groups is 3. The van der Waals surface area contributed by atoms with E-state index in [-0.39, 0.29) is 47.8 Å². The van der Waals surface area contributed by atoms with Crippen molar-refractivity contribution in [2.75, 3.05) is 63.8 Å². The molecule has 0 spiro atoms. The molecular formula is C36H54BrN5O6. The molecule has 2 aromatic rings. The molecule has 0 saturated heterocycles. The molecule has 266 valence electrons. The Labute approximate surface area is 294 Å². The summed E-state index contributed by atoms with van der Waals surface area (Å²) in [7, 11) is 1.85. The normalized spacial score (nSPS) is 13.8. The highest BCUT2D eigenvalue weighted by Crippen LogP contribution is 2.30. The van der Waals surface area contributed by atoms with E-state index in [1.165, 1.54) is 0 Å². The van der Waals surface area contributed by atoms with Gasteiger partial charge in [-0.2, -0.15) is 4.98 Å². The molecule has 48 heavy (non-hydrogen) atoms. The average molecular weight is 733 g/mol.